The van der Waals surface area contributed by atoms with Crippen LogP contribution in [-0.4, -0.2) is 53.7 Å². The number of piperidine rings is 2. The van der Waals surface area contributed by atoms with Gasteiger partial charge in [0.05, 0.1) is 0 Å². The van der Waals surface area contributed by atoms with Gasteiger partial charge < -0.3 is 15.1 Å². The third-order valence-corrected chi connectivity index (χ3v) is 5.99. The summed E-state index contributed by atoms with van der Waals surface area (Å²) >= 11 is 0. The van der Waals surface area contributed by atoms with Gasteiger partial charge in [0.1, 0.15) is 0 Å². The van der Waals surface area contributed by atoms with Crippen molar-refractivity contribution in [1.29, 1.82) is 0 Å². The summed E-state index contributed by atoms with van der Waals surface area (Å²) in [7, 11) is 0. The van der Waals surface area contributed by atoms with E-state index < -0.39 is 0 Å². The van der Waals surface area contributed by atoms with Gasteiger partial charge in [0, 0.05) is 50.6 Å². The summed E-state index contributed by atoms with van der Waals surface area (Å²) in [6, 6.07) is 7.56. The minimum absolute atomic E-state index is 0.0272. The molecule has 0 unspecified atom stereocenters. The van der Waals surface area contributed by atoms with Crippen LogP contribution in [0.15, 0.2) is 24.3 Å². The molecule has 29 heavy (non-hydrogen) atoms. The van der Waals surface area contributed by atoms with E-state index in [-0.39, 0.29) is 23.6 Å². The smallest absolute Gasteiger partial charge is 0.253 e. The fraction of sp³-hybridized carbons (Fsp3) is 0.609. The third kappa shape index (κ3) is 5.81. The lowest BCUT2D eigenvalue weighted by Crippen LogP contribution is -2.42. The SMILES string of the molecule is CCCC(=O)N1CCC(C(=O)NCc2ccc(C(=O)N3CCCCC3)cc2)CC1. The fourth-order valence-corrected chi connectivity index (χ4v) is 4.14. The number of carbonyl (C=O) groups is 3. The molecule has 158 valence electrons. The summed E-state index contributed by atoms with van der Waals surface area (Å²) in [5.41, 5.74) is 1.70. The highest BCUT2D eigenvalue weighted by molar-refractivity contribution is 5.94. The molecule has 0 saturated carbocycles. The number of hydrogen-bond acceptors (Lipinski definition) is 3. The predicted molar refractivity (Wildman–Crippen MR) is 112 cm³/mol. The van der Waals surface area contributed by atoms with E-state index in [1.165, 1.54) is 6.42 Å². The second-order valence-corrected chi connectivity index (χ2v) is 8.17. The lowest BCUT2D eigenvalue weighted by atomic mass is 9.95. The van der Waals surface area contributed by atoms with Crippen LogP contribution in [0.1, 0.15) is 67.8 Å². The minimum Gasteiger partial charge on any atom is -0.352 e. The third-order valence-electron chi connectivity index (χ3n) is 5.99. The minimum atomic E-state index is -0.0272. The number of amides is 3. The first-order valence-corrected chi connectivity index (χ1v) is 11.0. The number of benzene rings is 1. The Morgan fingerprint density at radius 1 is 0.931 bits per heavy atom. The highest BCUT2D eigenvalue weighted by Gasteiger charge is 2.26. The van der Waals surface area contributed by atoms with Gasteiger partial charge in [-0.25, -0.2) is 0 Å². The molecule has 0 aliphatic carbocycles. The maximum absolute atomic E-state index is 12.5. The molecular weight excluding hydrogens is 366 g/mol. The molecular formula is C23H33N3O3. The number of likely N-dealkylation sites (tertiary alicyclic amines) is 2. The maximum Gasteiger partial charge on any atom is 0.253 e. The number of nitrogens with zero attached hydrogens (tertiary/aromatic N) is 2. The number of hydrogen-bond donors (Lipinski definition) is 1. The van der Waals surface area contributed by atoms with Crippen molar-refractivity contribution in [2.24, 2.45) is 5.92 Å². The molecule has 3 amide bonds. The maximum atomic E-state index is 12.5. The zero-order valence-corrected chi connectivity index (χ0v) is 17.5. The quantitative estimate of drug-likeness (QED) is 0.800. The standard InChI is InChI=1S/C23H33N3O3/c1-2-6-21(27)25-15-11-19(12-16-25)22(28)24-17-18-7-9-20(10-8-18)23(29)26-13-4-3-5-14-26/h7-10,19H,2-6,11-17H2,1H3,(H,24,28). The lowest BCUT2D eigenvalue weighted by molar-refractivity contribution is -0.135. The van der Waals surface area contributed by atoms with Crippen LogP contribution in [0, 0.1) is 5.92 Å². The Hall–Kier alpha value is -2.37. The van der Waals surface area contributed by atoms with Crippen molar-refractivity contribution < 1.29 is 14.4 Å². The predicted octanol–water partition coefficient (Wildman–Crippen LogP) is 2.97. The van der Waals surface area contributed by atoms with Crippen LogP contribution in [0.4, 0.5) is 0 Å². The van der Waals surface area contributed by atoms with Crippen LogP contribution >= 0.6 is 0 Å². The van der Waals surface area contributed by atoms with E-state index in [4.69, 9.17) is 0 Å². The van der Waals surface area contributed by atoms with E-state index in [0.29, 0.717) is 31.6 Å². The van der Waals surface area contributed by atoms with E-state index in [2.05, 4.69) is 5.32 Å². The topological polar surface area (TPSA) is 69.7 Å². The van der Waals surface area contributed by atoms with E-state index in [1.54, 1.807) is 0 Å². The monoisotopic (exact) mass is 399 g/mol. The van der Waals surface area contributed by atoms with Gasteiger partial charge in [-0.3, -0.25) is 14.4 Å². The first kappa shape index (κ1) is 21.3. The van der Waals surface area contributed by atoms with Gasteiger partial charge in [-0.1, -0.05) is 19.1 Å². The second kappa shape index (κ2) is 10.4. The molecule has 3 rings (SSSR count). The molecule has 0 aromatic heterocycles. The number of carbonyl (C=O) groups excluding carboxylic acids is 3. The van der Waals surface area contributed by atoms with E-state index in [0.717, 1.165) is 50.8 Å². The molecule has 6 heteroatoms. The largest absolute Gasteiger partial charge is 0.352 e. The molecule has 0 spiro atoms. The second-order valence-electron chi connectivity index (χ2n) is 8.17. The van der Waals surface area contributed by atoms with Gasteiger partial charge in [-0.05, 0) is 56.2 Å². The van der Waals surface area contributed by atoms with Gasteiger partial charge in [0.25, 0.3) is 5.91 Å². The molecule has 0 radical (unpaired) electrons. The Labute approximate surface area is 173 Å². The van der Waals surface area contributed by atoms with Gasteiger partial charge >= 0.3 is 0 Å². The molecule has 2 aliphatic heterocycles. The zero-order chi connectivity index (χ0) is 20.6. The normalized spacial score (nSPS) is 17.8. The Morgan fingerprint density at radius 2 is 1.59 bits per heavy atom. The summed E-state index contributed by atoms with van der Waals surface area (Å²) in [6.07, 6.45) is 6.28. The van der Waals surface area contributed by atoms with Crippen molar-refractivity contribution in [2.45, 2.75) is 58.4 Å². The highest BCUT2D eigenvalue weighted by atomic mass is 16.2. The van der Waals surface area contributed by atoms with Crippen molar-refractivity contribution in [3.63, 3.8) is 0 Å². The molecule has 0 atom stereocenters. The molecule has 2 saturated heterocycles. The molecule has 2 fully saturated rings. The molecule has 1 aromatic rings. The fourth-order valence-electron chi connectivity index (χ4n) is 4.14. The Kier molecular flexibility index (Phi) is 7.67. The molecule has 6 nitrogen and oxygen atoms in total. The Bertz CT molecular complexity index is 703. The molecule has 1 aromatic carbocycles. The average Bonchev–Trinajstić information content (AvgIpc) is 2.78. The first-order chi connectivity index (χ1) is 14.1. The number of nitrogens with one attached hydrogen (secondary N) is 1. The zero-order valence-electron chi connectivity index (χ0n) is 17.5. The summed E-state index contributed by atoms with van der Waals surface area (Å²) in [5.74, 6) is 0.330. The summed E-state index contributed by atoms with van der Waals surface area (Å²) < 4.78 is 0. The lowest BCUT2D eigenvalue weighted by Gasteiger charge is -2.31. The molecule has 0 bridgehead atoms. The van der Waals surface area contributed by atoms with E-state index >= 15 is 0 Å². The van der Waals surface area contributed by atoms with E-state index in [1.807, 2.05) is 41.0 Å². The van der Waals surface area contributed by atoms with Crippen LogP contribution < -0.4 is 5.32 Å². The summed E-state index contributed by atoms with van der Waals surface area (Å²) in [6.45, 7) is 5.51. The van der Waals surface area contributed by atoms with Crippen molar-refractivity contribution in [3.05, 3.63) is 35.4 Å². The van der Waals surface area contributed by atoms with Crippen molar-refractivity contribution in [2.75, 3.05) is 26.2 Å². The van der Waals surface area contributed by atoms with Gasteiger partial charge in [0.15, 0.2) is 0 Å². The van der Waals surface area contributed by atoms with Crippen LogP contribution in [0.3, 0.4) is 0 Å². The van der Waals surface area contributed by atoms with Crippen LogP contribution in [0.5, 0.6) is 0 Å². The molecule has 1 N–H and O–H groups in total. The van der Waals surface area contributed by atoms with Crippen molar-refractivity contribution in [1.82, 2.24) is 15.1 Å². The van der Waals surface area contributed by atoms with Gasteiger partial charge in [-0.15, -0.1) is 0 Å². The van der Waals surface area contributed by atoms with Gasteiger partial charge in [-0.2, -0.15) is 0 Å². The van der Waals surface area contributed by atoms with Crippen LogP contribution in [0.25, 0.3) is 0 Å². The summed E-state index contributed by atoms with van der Waals surface area (Å²) in [4.78, 5) is 40.8. The first-order valence-electron chi connectivity index (χ1n) is 11.0. The Balaban J connectivity index is 1.43. The van der Waals surface area contributed by atoms with Crippen LogP contribution in [-0.2, 0) is 16.1 Å². The number of rotatable bonds is 6. The molecule has 2 aliphatic rings. The summed E-state index contributed by atoms with van der Waals surface area (Å²) in [5, 5.41) is 3.01. The Morgan fingerprint density at radius 3 is 2.21 bits per heavy atom. The van der Waals surface area contributed by atoms with Crippen molar-refractivity contribution >= 4 is 17.7 Å². The highest BCUT2D eigenvalue weighted by Crippen LogP contribution is 2.19. The average molecular weight is 400 g/mol. The van der Waals surface area contributed by atoms with Crippen molar-refractivity contribution in [3.8, 4) is 0 Å². The van der Waals surface area contributed by atoms with Gasteiger partial charge in [0.2, 0.25) is 11.8 Å². The van der Waals surface area contributed by atoms with Crippen LogP contribution in [0.2, 0.25) is 0 Å². The molecule has 2 heterocycles. The van der Waals surface area contributed by atoms with E-state index in [9.17, 15) is 14.4 Å².